The van der Waals surface area contributed by atoms with E-state index in [0.717, 1.165) is 11.1 Å². The molecule has 0 aromatic heterocycles. The van der Waals surface area contributed by atoms with Crippen molar-refractivity contribution < 1.29 is 19.1 Å². The van der Waals surface area contributed by atoms with Gasteiger partial charge in [0.05, 0.1) is 6.07 Å². The molecule has 0 saturated heterocycles. The lowest BCUT2D eigenvalue weighted by Gasteiger charge is -2.34. The maximum Gasteiger partial charge on any atom is 0.408 e. The molecule has 2 aromatic rings. The van der Waals surface area contributed by atoms with E-state index in [1.54, 1.807) is 26.8 Å². The van der Waals surface area contributed by atoms with E-state index in [1.165, 1.54) is 4.90 Å². The van der Waals surface area contributed by atoms with Crippen LogP contribution in [0.15, 0.2) is 54.6 Å². The Morgan fingerprint density at radius 1 is 1.08 bits per heavy atom. The first kappa shape index (κ1) is 29.4. The highest BCUT2D eigenvalue weighted by atomic mass is 16.6. The number of hydrogen-bond acceptors (Lipinski definition) is 5. The molecule has 3 unspecified atom stereocenters. The zero-order valence-electron chi connectivity index (χ0n) is 22.6. The van der Waals surface area contributed by atoms with Crippen molar-refractivity contribution in [1.82, 2.24) is 15.5 Å². The van der Waals surface area contributed by atoms with Gasteiger partial charge in [-0.1, -0.05) is 80.4 Å². The monoisotopic (exact) mass is 506 g/mol. The maximum absolute atomic E-state index is 13.9. The van der Waals surface area contributed by atoms with Crippen LogP contribution in [0.25, 0.3) is 0 Å². The molecule has 0 aliphatic carbocycles. The number of aryl methyl sites for hydroxylation is 1. The lowest BCUT2D eigenvalue weighted by Crippen LogP contribution is -2.55. The summed E-state index contributed by atoms with van der Waals surface area (Å²) < 4.78 is 5.38. The second kappa shape index (κ2) is 13.4. The molecule has 3 amide bonds. The van der Waals surface area contributed by atoms with Gasteiger partial charge in [0.25, 0.3) is 0 Å². The zero-order valence-corrected chi connectivity index (χ0v) is 22.6. The van der Waals surface area contributed by atoms with Gasteiger partial charge in [-0.15, -0.1) is 0 Å². The van der Waals surface area contributed by atoms with Crippen LogP contribution in [-0.2, 0) is 20.9 Å². The van der Waals surface area contributed by atoms with Gasteiger partial charge in [0.15, 0.2) is 0 Å². The van der Waals surface area contributed by atoms with Crippen LogP contribution in [0.4, 0.5) is 4.79 Å². The average molecular weight is 507 g/mol. The lowest BCUT2D eigenvalue weighted by atomic mass is 9.95. The van der Waals surface area contributed by atoms with Crippen LogP contribution in [0.5, 0.6) is 0 Å². The van der Waals surface area contributed by atoms with Crippen LogP contribution >= 0.6 is 0 Å². The largest absolute Gasteiger partial charge is 0.444 e. The van der Waals surface area contributed by atoms with Crippen LogP contribution in [0, 0.1) is 24.2 Å². The Morgan fingerprint density at radius 3 is 2.32 bits per heavy atom. The number of amides is 3. The summed E-state index contributed by atoms with van der Waals surface area (Å²) in [6.45, 7) is 10.8. The van der Waals surface area contributed by atoms with Crippen LogP contribution in [0.3, 0.4) is 0 Å². The van der Waals surface area contributed by atoms with Crippen molar-refractivity contribution in [1.29, 1.82) is 5.26 Å². The fraction of sp³-hybridized carbons (Fsp3) is 0.448. The minimum absolute atomic E-state index is 0.265. The topological polar surface area (TPSA) is 112 Å². The number of ether oxygens (including phenoxy) is 1. The van der Waals surface area contributed by atoms with E-state index >= 15 is 0 Å². The highest BCUT2D eigenvalue weighted by molar-refractivity contribution is 5.92. The van der Waals surface area contributed by atoms with Crippen LogP contribution in [0.2, 0.25) is 0 Å². The number of carbonyl (C=O) groups excluding carboxylic acids is 3. The smallest absolute Gasteiger partial charge is 0.408 e. The molecule has 3 atom stereocenters. The number of nitriles is 1. The molecule has 37 heavy (non-hydrogen) atoms. The standard InChI is InChI=1S/C29H38N4O4/c1-7-21(3)24(32-28(36)37-29(4,5)6)27(35)33(17-16-30)25(23-15-11-12-20(2)18-23)26(34)31-19-22-13-9-8-10-14-22/h8-15,18,21,24-25H,7,17,19H2,1-6H3,(H,31,34)(H,32,36). The SMILES string of the molecule is CCC(C)C(NC(=O)OC(C)(C)C)C(=O)N(CC#N)C(C(=O)NCc1ccccc1)c1cccc(C)c1. The van der Waals surface area contributed by atoms with E-state index in [1.807, 2.05) is 75.4 Å². The number of nitrogens with one attached hydrogen (secondary N) is 2. The maximum atomic E-state index is 13.9. The summed E-state index contributed by atoms with van der Waals surface area (Å²) >= 11 is 0. The van der Waals surface area contributed by atoms with Crippen molar-refractivity contribution in [3.05, 3.63) is 71.3 Å². The first-order chi connectivity index (χ1) is 17.5. The van der Waals surface area contributed by atoms with Gasteiger partial charge in [0.1, 0.15) is 24.2 Å². The summed E-state index contributed by atoms with van der Waals surface area (Å²) in [4.78, 5) is 41.4. The van der Waals surface area contributed by atoms with Crippen LogP contribution in [0.1, 0.15) is 63.8 Å². The Bertz CT molecular complexity index is 1100. The number of hydrogen-bond donors (Lipinski definition) is 2. The molecule has 0 fully saturated rings. The molecule has 198 valence electrons. The molecular formula is C29H38N4O4. The number of rotatable bonds is 10. The average Bonchev–Trinajstić information content (AvgIpc) is 2.84. The van der Waals surface area contributed by atoms with Gasteiger partial charge in [-0.3, -0.25) is 9.59 Å². The Hall–Kier alpha value is -3.86. The minimum Gasteiger partial charge on any atom is -0.444 e. The Kier molecular flexibility index (Phi) is 10.7. The van der Waals surface area contributed by atoms with E-state index < -0.39 is 35.6 Å². The first-order valence-corrected chi connectivity index (χ1v) is 12.5. The molecule has 2 aromatic carbocycles. The summed E-state index contributed by atoms with van der Waals surface area (Å²) in [5.74, 6) is -1.21. The van der Waals surface area contributed by atoms with Crippen LogP contribution < -0.4 is 10.6 Å². The summed E-state index contributed by atoms with van der Waals surface area (Å²) in [7, 11) is 0. The van der Waals surface area contributed by atoms with Crippen molar-refractivity contribution in [2.75, 3.05) is 6.54 Å². The van der Waals surface area contributed by atoms with E-state index in [2.05, 4.69) is 10.6 Å². The third kappa shape index (κ3) is 8.94. The molecule has 2 rings (SSSR count). The normalized spacial score (nSPS) is 13.4. The Morgan fingerprint density at radius 2 is 1.76 bits per heavy atom. The number of alkyl carbamates (subject to hydrolysis) is 1. The van der Waals surface area contributed by atoms with Crippen molar-refractivity contribution in [3.8, 4) is 6.07 Å². The van der Waals surface area contributed by atoms with Gasteiger partial charge >= 0.3 is 6.09 Å². The van der Waals surface area contributed by atoms with Crippen molar-refractivity contribution in [2.24, 2.45) is 5.92 Å². The van der Waals surface area contributed by atoms with Crippen molar-refractivity contribution >= 4 is 17.9 Å². The van der Waals surface area contributed by atoms with Gasteiger partial charge in [-0.05, 0) is 44.7 Å². The fourth-order valence-electron chi connectivity index (χ4n) is 3.86. The third-order valence-electron chi connectivity index (χ3n) is 5.90. The van der Waals surface area contributed by atoms with E-state index in [0.29, 0.717) is 12.0 Å². The molecule has 0 spiro atoms. The van der Waals surface area contributed by atoms with Crippen molar-refractivity contribution in [2.45, 2.75) is 72.2 Å². The Labute approximate surface area is 220 Å². The van der Waals surface area contributed by atoms with Crippen LogP contribution in [-0.4, -0.2) is 41.0 Å². The van der Waals surface area contributed by atoms with Gasteiger partial charge in [0.2, 0.25) is 11.8 Å². The lowest BCUT2D eigenvalue weighted by molar-refractivity contribution is -0.142. The second-order valence-electron chi connectivity index (χ2n) is 10.2. The van der Waals surface area contributed by atoms with Gasteiger partial charge < -0.3 is 20.3 Å². The predicted molar refractivity (Wildman–Crippen MR) is 142 cm³/mol. The zero-order chi connectivity index (χ0) is 27.6. The molecular weight excluding hydrogens is 468 g/mol. The fourth-order valence-corrected chi connectivity index (χ4v) is 3.86. The second-order valence-corrected chi connectivity index (χ2v) is 10.2. The first-order valence-electron chi connectivity index (χ1n) is 12.5. The van der Waals surface area contributed by atoms with Crippen molar-refractivity contribution in [3.63, 3.8) is 0 Å². The number of nitrogens with zero attached hydrogens (tertiary/aromatic N) is 2. The molecule has 0 aliphatic heterocycles. The Balaban J connectivity index is 2.45. The third-order valence-corrected chi connectivity index (χ3v) is 5.90. The molecule has 8 nitrogen and oxygen atoms in total. The summed E-state index contributed by atoms with van der Waals surface area (Å²) in [6.07, 6.45) is -0.147. The highest BCUT2D eigenvalue weighted by Crippen LogP contribution is 2.25. The van der Waals surface area contributed by atoms with E-state index in [9.17, 15) is 19.6 Å². The molecule has 0 radical (unpaired) electrons. The summed E-state index contributed by atoms with van der Waals surface area (Å²) in [6, 6.07) is 16.7. The number of carbonyl (C=O) groups is 3. The predicted octanol–water partition coefficient (Wildman–Crippen LogP) is 4.64. The summed E-state index contributed by atoms with van der Waals surface area (Å²) in [5.41, 5.74) is 1.64. The number of benzene rings is 2. The van der Waals surface area contributed by atoms with Gasteiger partial charge in [-0.2, -0.15) is 5.26 Å². The van der Waals surface area contributed by atoms with Gasteiger partial charge in [-0.25, -0.2) is 4.79 Å². The molecule has 0 aliphatic rings. The van der Waals surface area contributed by atoms with E-state index in [4.69, 9.17) is 4.74 Å². The highest BCUT2D eigenvalue weighted by Gasteiger charge is 2.38. The van der Waals surface area contributed by atoms with E-state index in [-0.39, 0.29) is 19.0 Å². The summed E-state index contributed by atoms with van der Waals surface area (Å²) in [5, 5.41) is 15.2. The minimum atomic E-state index is -1.07. The molecule has 2 N–H and O–H groups in total. The molecule has 8 heteroatoms. The van der Waals surface area contributed by atoms with Gasteiger partial charge in [0, 0.05) is 6.54 Å². The molecule has 0 saturated carbocycles. The quantitative estimate of drug-likeness (QED) is 0.456. The molecule has 0 bridgehead atoms. The molecule has 0 heterocycles.